The number of aromatic nitrogens is 4. The third-order valence-electron chi connectivity index (χ3n) is 1.90. The topological polar surface area (TPSA) is 51.6 Å². The first-order valence-electron chi connectivity index (χ1n) is 4.87. The molecule has 0 saturated carbocycles. The molecule has 0 N–H and O–H groups in total. The van der Waals surface area contributed by atoms with Crippen molar-refractivity contribution in [3.63, 3.8) is 0 Å². The van der Waals surface area contributed by atoms with Gasteiger partial charge in [-0.25, -0.2) is 24.3 Å². The van der Waals surface area contributed by atoms with Gasteiger partial charge in [0.2, 0.25) is 0 Å². The zero-order valence-corrected chi connectivity index (χ0v) is 11.5. The number of thiol groups is 1. The zero-order chi connectivity index (χ0) is 13.0. The molecule has 1 unspecified atom stereocenters. The van der Waals surface area contributed by atoms with E-state index in [0.29, 0.717) is 10.9 Å². The maximum absolute atomic E-state index is 12.7. The van der Waals surface area contributed by atoms with Gasteiger partial charge in [-0.15, -0.1) is 12.6 Å². The van der Waals surface area contributed by atoms with E-state index in [1.807, 2.05) is 0 Å². The van der Waals surface area contributed by atoms with Crippen LogP contribution in [0.15, 0.2) is 36.0 Å². The van der Waals surface area contributed by atoms with Crippen LogP contribution in [0, 0.1) is 5.82 Å². The molecule has 2 heterocycles. The number of alkyl halides is 1. The molecule has 2 rings (SSSR count). The third kappa shape index (κ3) is 3.54. The van der Waals surface area contributed by atoms with Crippen molar-refractivity contribution in [3.05, 3.63) is 42.5 Å². The van der Waals surface area contributed by atoms with Crippen LogP contribution in [0.1, 0.15) is 5.82 Å². The Morgan fingerprint density at radius 1 is 1.22 bits per heavy atom. The Bertz CT molecular complexity index is 509. The van der Waals surface area contributed by atoms with Crippen molar-refractivity contribution in [2.75, 3.05) is 5.75 Å². The van der Waals surface area contributed by atoms with Gasteiger partial charge in [0, 0.05) is 18.1 Å². The molecule has 0 aliphatic heterocycles. The Balaban J connectivity index is 2.05. The summed E-state index contributed by atoms with van der Waals surface area (Å²) in [5.74, 6) is 0.0868. The lowest BCUT2D eigenvalue weighted by atomic mass is 10.4. The lowest BCUT2D eigenvalue weighted by Crippen LogP contribution is -2.18. The SMILES string of the molecule is Fc1cnc(C(S)(Cl)CSc2ncccn2)nc1. The van der Waals surface area contributed by atoms with Gasteiger partial charge in [-0.2, -0.15) is 0 Å². The maximum atomic E-state index is 12.7. The molecule has 0 amide bonds. The van der Waals surface area contributed by atoms with Crippen LogP contribution in [0.3, 0.4) is 0 Å². The molecular formula is C10H8ClFN4S2. The fraction of sp³-hybridized carbons (Fsp3) is 0.200. The molecule has 0 aliphatic carbocycles. The largest absolute Gasteiger partial charge is 0.235 e. The predicted octanol–water partition coefficient (Wildman–Crippen LogP) is 2.52. The van der Waals surface area contributed by atoms with Gasteiger partial charge >= 0.3 is 0 Å². The van der Waals surface area contributed by atoms with Crippen LogP contribution in [0.4, 0.5) is 4.39 Å². The second-order valence-electron chi connectivity index (χ2n) is 3.30. The monoisotopic (exact) mass is 302 g/mol. The Morgan fingerprint density at radius 3 is 2.44 bits per heavy atom. The highest BCUT2D eigenvalue weighted by atomic mass is 35.5. The van der Waals surface area contributed by atoms with Gasteiger partial charge in [0.25, 0.3) is 0 Å². The minimum absolute atomic E-state index is 0.248. The van der Waals surface area contributed by atoms with E-state index in [0.717, 1.165) is 12.4 Å². The molecule has 94 valence electrons. The Hall–Kier alpha value is -0.920. The molecule has 0 bridgehead atoms. The van der Waals surface area contributed by atoms with Gasteiger partial charge in [0.1, 0.15) is 0 Å². The minimum Gasteiger partial charge on any atom is -0.235 e. The second-order valence-corrected chi connectivity index (χ2v) is 5.92. The van der Waals surface area contributed by atoms with Crippen molar-refractivity contribution in [3.8, 4) is 0 Å². The molecule has 0 aliphatic rings. The van der Waals surface area contributed by atoms with E-state index in [1.165, 1.54) is 11.8 Å². The van der Waals surface area contributed by atoms with Gasteiger partial charge in [0.15, 0.2) is 21.0 Å². The van der Waals surface area contributed by atoms with Gasteiger partial charge in [-0.3, -0.25) is 0 Å². The fourth-order valence-electron chi connectivity index (χ4n) is 1.09. The molecular weight excluding hydrogens is 295 g/mol. The van der Waals surface area contributed by atoms with E-state index in [4.69, 9.17) is 11.6 Å². The highest BCUT2D eigenvalue weighted by Crippen LogP contribution is 2.35. The van der Waals surface area contributed by atoms with Crippen molar-refractivity contribution in [2.45, 2.75) is 9.36 Å². The Kier molecular flexibility index (Phi) is 4.36. The van der Waals surface area contributed by atoms with Crippen molar-refractivity contribution in [1.29, 1.82) is 0 Å². The van der Waals surface area contributed by atoms with E-state index in [9.17, 15) is 4.39 Å². The molecule has 0 aromatic carbocycles. The summed E-state index contributed by atoms with van der Waals surface area (Å²) in [6.07, 6.45) is 5.38. The van der Waals surface area contributed by atoms with Crippen LogP contribution in [-0.4, -0.2) is 25.7 Å². The van der Waals surface area contributed by atoms with E-state index in [1.54, 1.807) is 18.5 Å². The molecule has 2 aromatic rings. The van der Waals surface area contributed by atoms with Gasteiger partial charge < -0.3 is 0 Å². The lowest BCUT2D eigenvalue weighted by Gasteiger charge is -2.17. The molecule has 8 heteroatoms. The summed E-state index contributed by atoms with van der Waals surface area (Å²) in [5.41, 5.74) is 0. The van der Waals surface area contributed by atoms with Gasteiger partial charge in [-0.05, 0) is 6.07 Å². The lowest BCUT2D eigenvalue weighted by molar-refractivity contribution is 0.607. The van der Waals surface area contributed by atoms with Crippen molar-refractivity contribution >= 4 is 36.0 Å². The number of rotatable bonds is 4. The van der Waals surface area contributed by atoms with Crippen molar-refractivity contribution in [1.82, 2.24) is 19.9 Å². The first-order chi connectivity index (χ1) is 8.58. The normalized spacial score (nSPS) is 14.2. The molecule has 0 spiro atoms. The predicted molar refractivity (Wildman–Crippen MR) is 71.3 cm³/mol. The number of thioether (sulfide) groups is 1. The minimum atomic E-state index is -1.10. The van der Waals surface area contributed by atoms with E-state index < -0.39 is 10.0 Å². The van der Waals surface area contributed by atoms with Crippen LogP contribution >= 0.6 is 36.0 Å². The zero-order valence-electron chi connectivity index (χ0n) is 8.99. The van der Waals surface area contributed by atoms with Crippen LogP contribution in [-0.2, 0) is 4.21 Å². The quantitative estimate of drug-likeness (QED) is 0.407. The molecule has 2 aromatic heterocycles. The van der Waals surface area contributed by atoms with E-state index in [2.05, 4.69) is 32.6 Å². The highest BCUT2D eigenvalue weighted by Gasteiger charge is 2.28. The smallest absolute Gasteiger partial charge is 0.187 e. The number of hydrogen-bond donors (Lipinski definition) is 1. The summed E-state index contributed by atoms with van der Waals surface area (Å²) in [6.45, 7) is 0. The second kappa shape index (κ2) is 5.81. The average Bonchev–Trinajstić information content (AvgIpc) is 2.38. The van der Waals surface area contributed by atoms with E-state index >= 15 is 0 Å². The summed E-state index contributed by atoms with van der Waals surface area (Å²) < 4.78 is 11.6. The first kappa shape index (κ1) is 13.5. The molecule has 0 fully saturated rings. The summed E-state index contributed by atoms with van der Waals surface area (Å²) >= 11 is 11.8. The van der Waals surface area contributed by atoms with Crippen molar-refractivity contribution < 1.29 is 4.39 Å². The Morgan fingerprint density at radius 2 is 1.83 bits per heavy atom. The average molecular weight is 303 g/mol. The number of halogens is 2. The standard InChI is InChI=1S/C10H8ClFN4S2/c11-10(17,8-15-4-7(12)5-16-8)6-18-9-13-2-1-3-14-9/h1-5,17H,6H2. The summed E-state index contributed by atoms with van der Waals surface area (Å²) in [6, 6.07) is 1.72. The maximum Gasteiger partial charge on any atom is 0.187 e. The molecule has 4 nitrogen and oxygen atoms in total. The summed E-state index contributed by atoms with van der Waals surface area (Å²) in [7, 11) is 0. The fourth-order valence-corrected chi connectivity index (χ4v) is 2.39. The van der Waals surface area contributed by atoms with Crippen molar-refractivity contribution in [2.24, 2.45) is 0 Å². The van der Waals surface area contributed by atoms with Gasteiger partial charge in [-0.1, -0.05) is 23.4 Å². The molecule has 18 heavy (non-hydrogen) atoms. The summed E-state index contributed by atoms with van der Waals surface area (Å²) in [4.78, 5) is 15.7. The van der Waals surface area contributed by atoms with Gasteiger partial charge in [0.05, 0.1) is 12.4 Å². The first-order valence-corrected chi connectivity index (χ1v) is 6.68. The molecule has 0 saturated heterocycles. The number of hydrogen-bond acceptors (Lipinski definition) is 6. The van der Waals surface area contributed by atoms with Crippen LogP contribution in [0.2, 0.25) is 0 Å². The molecule has 0 radical (unpaired) electrons. The van der Waals surface area contributed by atoms with Crippen LogP contribution in [0.25, 0.3) is 0 Å². The summed E-state index contributed by atoms with van der Waals surface area (Å²) in [5, 5.41) is 0.582. The van der Waals surface area contributed by atoms with Crippen LogP contribution in [0.5, 0.6) is 0 Å². The Labute approximate surface area is 118 Å². The highest BCUT2D eigenvalue weighted by molar-refractivity contribution is 8.00. The third-order valence-corrected chi connectivity index (χ3v) is 3.98. The van der Waals surface area contributed by atoms with E-state index in [-0.39, 0.29) is 5.82 Å². The molecule has 1 atom stereocenters. The number of nitrogens with zero attached hydrogens (tertiary/aromatic N) is 4. The van der Waals surface area contributed by atoms with Crippen LogP contribution < -0.4 is 0 Å².